The lowest BCUT2D eigenvalue weighted by Gasteiger charge is -2.14. The summed E-state index contributed by atoms with van der Waals surface area (Å²) in [6, 6.07) is 12.0. The zero-order valence-corrected chi connectivity index (χ0v) is 18.2. The maximum Gasteiger partial charge on any atom is 0.189 e. The molecule has 0 aromatic heterocycles. The van der Waals surface area contributed by atoms with Crippen molar-refractivity contribution in [3.8, 4) is 11.5 Å². The lowest BCUT2D eigenvalue weighted by atomic mass is 10.1. The van der Waals surface area contributed by atoms with Crippen molar-refractivity contribution in [1.29, 1.82) is 0 Å². The predicted octanol–water partition coefficient (Wildman–Crippen LogP) is 4.96. The fourth-order valence-corrected chi connectivity index (χ4v) is 2.79. The van der Waals surface area contributed by atoms with Gasteiger partial charge in [-0.15, -0.1) is 0 Å². The number of aryl methyl sites for hydroxylation is 2. The smallest absolute Gasteiger partial charge is 0.189 e. The summed E-state index contributed by atoms with van der Waals surface area (Å²) < 4.78 is 22.7. The van der Waals surface area contributed by atoms with Crippen LogP contribution in [0.3, 0.4) is 0 Å². The van der Waals surface area contributed by atoms with Gasteiger partial charge in [-0.2, -0.15) is 0 Å². The number of benzene rings is 2. The van der Waals surface area contributed by atoms with Crippen molar-refractivity contribution in [2.75, 3.05) is 27.1 Å². The second kappa shape index (κ2) is 13.4. The van der Waals surface area contributed by atoms with E-state index in [4.69, 9.17) is 18.9 Å². The number of hydrogen-bond acceptors (Lipinski definition) is 6. The van der Waals surface area contributed by atoms with Gasteiger partial charge in [0, 0.05) is 0 Å². The molecule has 0 fully saturated rings. The topological polar surface area (TPSA) is 58.5 Å². The minimum absolute atomic E-state index is 0.185. The van der Waals surface area contributed by atoms with Crippen LogP contribution in [0.1, 0.15) is 29.2 Å². The van der Waals surface area contributed by atoms with E-state index in [9.17, 15) is 0 Å². The van der Waals surface area contributed by atoms with Crippen LogP contribution >= 0.6 is 0 Å². The Morgan fingerprint density at radius 3 is 2.10 bits per heavy atom. The van der Waals surface area contributed by atoms with Crippen molar-refractivity contribution in [1.82, 2.24) is 0 Å². The van der Waals surface area contributed by atoms with Gasteiger partial charge in [-0.05, 0) is 55.2 Å². The van der Waals surface area contributed by atoms with Crippen LogP contribution in [0.15, 0.2) is 53.7 Å². The molecule has 0 saturated heterocycles. The van der Waals surface area contributed by atoms with Gasteiger partial charge in [0.05, 0.1) is 26.0 Å². The first-order valence-electron chi connectivity index (χ1n) is 9.90. The highest BCUT2D eigenvalue weighted by Crippen LogP contribution is 2.28. The molecular weight excluding hydrogens is 382 g/mol. The Bertz CT molecular complexity index is 792. The number of oxime groups is 1. The first-order valence-corrected chi connectivity index (χ1v) is 9.90. The highest BCUT2D eigenvalue weighted by Gasteiger charge is 2.07. The van der Waals surface area contributed by atoms with Crippen LogP contribution in [-0.4, -0.2) is 33.3 Å². The maximum absolute atomic E-state index is 5.84. The SMILES string of the molecule is C/C=C/COc1cc(C)c(OCOCc2ccc(COC/C=N/OC)cc2)c(C)c1. The highest BCUT2D eigenvalue weighted by atomic mass is 16.7. The van der Waals surface area contributed by atoms with Crippen LogP contribution in [0.5, 0.6) is 11.5 Å². The molecule has 0 spiro atoms. The fraction of sp³-hybridized carbons (Fsp3) is 0.375. The van der Waals surface area contributed by atoms with Crippen LogP contribution in [-0.2, 0) is 27.5 Å². The molecule has 0 atom stereocenters. The summed E-state index contributed by atoms with van der Waals surface area (Å²) in [5.41, 5.74) is 4.20. The average molecular weight is 414 g/mol. The fourth-order valence-electron chi connectivity index (χ4n) is 2.79. The van der Waals surface area contributed by atoms with E-state index in [-0.39, 0.29) is 6.79 Å². The third kappa shape index (κ3) is 8.27. The van der Waals surface area contributed by atoms with Gasteiger partial charge in [-0.25, -0.2) is 0 Å². The molecule has 0 bridgehead atoms. The monoisotopic (exact) mass is 413 g/mol. The standard InChI is InChI=1S/C24H31NO5/c1-5-6-12-29-23-14-19(2)24(20(3)15-23)30-18-28-17-22-9-7-21(8-10-22)16-27-13-11-25-26-4/h5-11,14-15H,12-13,16-18H2,1-4H3/b6-5+,25-11+. The summed E-state index contributed by atoms with van der Waals surface area (Å²) in [5.74, 6) is 1.67. The molecule has 0 saturated carbocycles. The molecule has 0 amide bonds. The third-order valence-corrected chi connectivity index (χ3v) is 4.24. The van der Waals surface area contributed by atoms with Crippen LogP contribution < -0.4 is 9.47 Å². The Labute approximate surface area is 179 Å². The normalized spacial score (nSPS) is 11.3. The molecule has 0 radical (unpaired) electrons. The molecule has 162 valence electrons. The number of ether oxygens (including phenoxy) is 4. The van der Waals surface area contributed by atoms with E-state index >= 15 is 0 Å². The molecular formula is C24H31NO5. The first kappa shape index (κ1) is 23.4. The van der Waals surface area contributed by atoms with Gasteiger partial charge in [-0.3, -0.25) is 0 Å². The van der Waals surface area contributed by atoms with E-state index in [1.54, 1.807) is 6.21 Å². The summed E-state index contributed by atoms with van der Waals surface area (Å²) in [4.78, 5) is 4.58. The van der Waals surface area contributed by atoms with Crippen molar-refractivity contribution in [3.63, 3.8) is 0 Å². The van der Waals surface area contributed by atoms with Crippen molar-refractivity contribution < 1.29 is 23.8 Å². The minimum Gasteiger partial charge on any atom is -0.490 e. The van der Waals surface area contributed by atoms with Gasteiger partial charge in [0.25, 0.3) is 0 Å². The zero-order chi connectivity index (χ0) is 21.6. The summed E-state index contributed by atoms with van der Waals surface area (Å²) in [7, 11) is 1.50. The highest BCUT2D eigenvalue weighted by molar-refractivity contribution is 5.57. The van der Waals surface area contributed by atoms with E-state index < -0.39 is 0 Å². The molecule has 0 heterocycles. The maximum atomic E-state index is 5.84. The van der Waals surface area contributed by atoms with Crippen molar-refractivity contribution in [2.45, 2.75) is 34.0 Å². The lowest BCUT2D eigenvalue weighted by molar-refractivity contribution is 0.00426. The van der Waals surface area contributed by atoms with Gasteiger partial charge < -0.3 is 23.8 Å². The second-order valence-electron chi connectivity index (χ2n) is 6.68. The van der Waals surface area contributed by atoms with E-state index in [2.05, 4.69) is 9.99 Å². The van der Waals surface area contributed by atoms with Gasteiger partial charge in [0.1, 0.15) is 25.2 Å². The molecule has 0 aliphatic carbocycles. The summed E-state index contributed by atoms with van der Waals surface area (Å²) >= 11 is 0. The van der Waals surface area contributed by atoms with E-state index in [1.807, 2.05) is 69.3 Å². The molecule has 0 unspecified atom stereocenters. The van der Waals surface area contributed by atoms with Crippen LogP contribution in [0.4, 0.5) is 0 Å². The largest absolute Gasteiger partial charge is 0.490 e. The summed E-state index contributed by atoms with van der Waals surface area (Å²) in [6.07, 6.45) is 5.52. The van der Waals surface area contributed by atoms with Crippen molar-refractivity contribution in [2.24, 2.45) is 5.16 Å². The average Bonchev–Trinajstić information content (AvgIpc) is 2.74. The number of hydrogen-bond donors (Lipinski definition) is 0. The third-order valence-electron chi connectivity index (χ3n) is 4.24. The molecule has 2 aromatic carbocycles. The Morgan fingerprint density at radius 1 is 0.867 bits per heavy atom. The molecule has 2 aromatic rings. The van der Waals surface area contributed by atoms with Gasteiger partial charge >= 0.3 is 0 Å². The first-order chi connectivity index (χ1) is 14.6. The Kier molecular flexibility index (Phi) is 10.5. The minimum atomic E-state index is 0.185. The van der Waals surface area contributed by atoms with Gasteiger partial charge in [0.15, 0.2) is 6.79 Å². The van der Waals surface area contributed by atoms with Crippen molar-refractivity contribution >= 4 is 6.21 Å². The Balaban J connectivity index is 1.74. The van der Waals surface area contributed by atoms with E-state index in [1.165, 1.54) is 7.11 Å². The molecule has 2 rings (SSSR count). The zero-order valence-electron chi connectivity index (χ0n) is 18.2. The second-order valence-corrected chi connectivity index (χ2v) is 6.68. The predicted molar refractivity (Wildman–Crippen MR) is 118 cm³/mol. The molecule has 0 aliphatic rings. The van der Waals surface area contributed by atoms with E-state index in [0.717, 1.165) is 33.8 Å². The van der Waals surface area contributed by atoms with Gasteiger partial charge in [0.2, 0.25) is 0 Å². The molecule has 0 aliphatic heterocycles. The Hall–Kier alpha value is -2.83. The molecule has 0 N–H and O–H groups in total. The summed E-state index contributed by atoms with van der Waals surface area (Å²) in [5, 5.41) is 3.62. The van der Waals surface area contributed by atoms with Crippen molar-refractivity contribution in [3.05, 3.63) is 70.8 Å². The Morgan fingerprint density at radius 2 is 1.50 bits per heavy atom. The van der Waals surface area contributed by atoms with Crippen LogP contribution in [0, 0.1) is 13.8 Å². The number of allylic oxidation sites excluding steroid dienone is 1. The molecule has 6 heteroatoms. The van der Waals surface area contributed by atoms with Gasteiger partial charge in [-0.1, -0.05) is 41.6 Å². The summed E-state index contributed by atoms with van der Waals surface area (Å²) in [6.45, 7) is 8.14. The lowest BCUT2D eigenvalue weighted by Crippen LogP contribution is -2.06. The van der Waals surface area contributed by atoms with Crippen LogP contribution in [0.2, 0.25) is 0 Å². The number of nitrogens with zero attached hydrogens (tertiary/aromatic N) is 1. The molecule has 30 heavy (non-hydrogen) atoms. The molecule has 6 nitrogen and oxygen atoms in total. The van der Waals surface area contributed by atoms with Crippen LogP contribution in [0.25, 0.3) is 0 Å². The quantitative estimate of drug-likeness (QED) is 0.153. The number of rotatable bonds is 13. The van der Waals surface area contributed by atoms with E-state index in [0.29, 0.717) is 26.4 Å².